The van der Waals surface area contributed by atoms with Crippen LogP contribution in [0.2, 0.25) is 0 Å². The van der Waals surface area contributed by atoms with Crippen LogP contribution >= 0.6 is 11.6 Å². The van der Waals surface area contributed by atoms with Crippen LogP contribution in [0, 0.1) is 17.3 Å². The molecule has 5 heteroatoms. The first-order valence-electron chi connectivity index (χ1n) is 8.53. The number of esters is 1. The molecule has 2 atom stereocenters. The van der Waals surface area contributed by atoms with E-state index in [9.17, 15) is 9.59 Å². The van der Waals surface area contributed by atoms with E-state index in [-0.39, 0.29) is 23.4 Å². The van der Waals surface area contributed by atoms with Crippen molar-refractivity contribution in [1.29, 1.82) is 0 Å². The van der Waals surface area contributed by atoms with Gasteiger partial charge in [0.2, 0.25) is 0 Å². The molecule has 0 spiro atoms. The van der Waals surface area contributed by atoms with Crippen molar-refractivity contribution < 1.29 is 14.3 Å². The van der Waals surface area contributed by atoms with Crippen LogP contribution in [0.25, 0.3) is 0 Å². The Morgan fingerprint density at radius 3 is 2.23 bits per heavy atom. The second-order valence-electron chi connectivity index (χ2n) is 7.53. The average Bonchev–Trinajstić information content (AvgIpc) is 2.43. The fourth-order valence-corrected chi connectivity index (χ4v) is 6.03. The van der Waals surface area contributed by atoms with Gasteiger partial charge in [0, 0.05) is 18.0 Å². The summed E-state index contributed by atoms with van der Waals surface area (Å²) in [5, 5.41) is 0. The first-order chi connectivity index (χ1) is 10.4. The van der Waals surface area contributed by atoms with E-state index in [2.05, 4.69) is 0 Å². The summed E-state index contributed by atoms with van der Waals surface area (Å²) in [5.74, 6) is 0.824. The smallest absolute Gasteiger partial charge is 0.312 e. The molecule has 1 amide bonds. The Kier molecular flexibility index (Phi) is 4.17. The number of ether oxygens (including phenoxy) is 1. The minimum absolute atomic E-state index is 0.108. The average molecular weight is 328 g/mol. The number of hydrogen-bond donors (Lipinski definition) is 0. The highest BCUT2D eigenvalue weighted by Crippen LogP contribution is 2.64. The lowest BCUT2D eigenvalue weighted by atomic mass is 9.49. The topological polar surface area (TPSA) is 46.6 Å². The number of likely N-dealkylation sites (N-methyl/N-ethyl adjacent to an activating group) is 1. The van der Waals surface area contributed by atoms with E-state index in [0.29, 0.717) is 24.9 Å². The van der Waals surface area contributed by atoms with Gasteiger partial charge in [-0.05, 0) is 64.2 Å². The van der Waals surface area contributed by atoms with Crippen LogP contribution in [0.3, 0.4) is 0 Å². The SMILES string of the molecule is CCN(CC)C(=O)COC(=O)C12CC3CC(CC(Cl)(C3)C1)C2. The molecule has 22 heavy (non-hydrogen) atoms. The highest BCUT2D eigenvalue weighted by Gasteiger charge is 2.60. The highest BCUT2D eigenvalue weighted by atomic mass is 35.5. The zero-order valence-electron chi connectivity index (χ0n) is 13.6. The largest absolute Gasteiger partial charge is 0.455 e. The molecule has 0 aliphatic heterocycles. The number of hydrogen-bond acceptors (Lipinski definition) is 3. The molecule has 0 heterocycles. The molecule has 4 nitrogen and oxygen atoms in total. The Morgan fingerprint density at radius 1 is 1.14 bits per heavy atom. The Morgan fingerprint density at radius 2 is 1.73 bits per heavy atom. The second-order valence-corrected chi connectivity index (χ2v) is 8.34. The van der Waals surface area contributed by atoms with E-state index in [4.69, 9.17) is 16.3 Å². The molecule has 0 aromatic carbocycles. The van der Waals surface area contributed by atoms with Crippen LogP contribution in [0.5, 0.6) is 0 Å². The molecule has 0 aromatic rings. The number of alkyl halides is 1. The van der Waals surface area contributed by atoms with E-state index < -0.39 is 5.41 Å². The van der Waals surface area contributed by atoms with E-state index >= 15 is 0 Å². The maximum absolute atomic E-state index is 12.7. The van der Waals surface area contributed by atoms with Gasteiger partial charge in [-0.15, -0.1) is 11.6 Å². The number of nitrogens with zero attached hydrogens (tertiary/aromatic N) is 1. The summed E-state index contributed by atoms with van der Waals surface area (Å²) in [6.07, 6.45) is 5.82. The number of halogens is 1. The molecule has 124 valence electrons. The van der Waals surface area contributed by atoms with Crippen molar-refractivity contribution in [3.8, 4) is 0 Å². The van der Waals surface area contributed by atoms with E-state index in [1.807, 2.05) is 13.8 Å². The fourth-order valence-electron chi connectivity index (χ4n) is 5.34. The summed E-state index contributed by atoms with van der Waals surface area (Å²) < 4.78 is 5.43. The van der Waals surface area contributed by atoms with Crippen molar-refractivity contribution in [1.82, 2.24) is 4.90 Å². The van der Waals surface area contributed by atoms with Crippen LogP contribution in [0.15, 0.2) is 0 Å². The van der Waals surface area contributed by atoms with Crippen molar-refractivity contribution in [2.45, 2.75) is 57.2 Å². The summed E-state index contributed by atoms with van der Waals surface area (Å²) in [7, 11) is 0. The zero-order valence-corrected chi connectivity index (χ0v) is 14.3. The van der Waals surface area contributed by atoms with E-state index in [0.717, 1.165) is 32.1 Å². The molecule has 4 saturated carbocycles. The first-order valence-corrected chi connectivity index (χ1v) is 8.91. The van der Waals surface area contributed by atoms with Gasteiger partial charge in [-0.3, -0.25) is 9.59 Å². The van der Waals surface area contributed by atoms with Crippen molar-refractivity contribution in [2.24, 2.45) is 17.3 Å². The Bertz CT molecular complexity index is 461. The Labute approximate surface area is 137 Å². The summed E-state index contributed by atoms with van der Waals surface area (Å²) in [6.45, 7) is 5.02. The minimum atomic E-state index is -0.421. The molecule has 2 unspecified atom stereocenters. The lowest BCUT2D eigenvalue weighted by molar-refractivity contribution is -0.173. The molecule has 4 aliphatic carbocycles. The molecule has 4 rings (SSSR count). The van der Waals surface area contributed by atoms with Gasteiger partial charge < -0.3 is 9.64 Å². The van der Waals surface area contributed by atoms with E-state index in [1.165, 1.54) is 6.42 Å². The first kappa shape index (κ1) is 16.1. The van der Waals surface area contributed by atoms with Gasteiger partial charge in [0.1, 0.15) is 0 Å². The van der Waals surface area contributed by atoms with Crippen LogP contribution in [-0.4, -0.2) is 41.3 Å². The summed E-state index contributed by atoms with van der Waals surface area (Å²) in [6, 6.07) is 0. The van der Waals surface area contributed by atoms with Crippen molar-refractivity contribution >= 4 is 23.5 Å². The lowest BCUT2D eigenvalue weighted by Crippen LogP contribution is -2.56. The molecule has 4 aliphatic rings. The summed E-state index contributed by atoms with van der Waals surface area (Å²) in [4.78, 5) is 26.2. The number of carbonyl (C=O) groups is 2. The predicted molar refractivity (Wildman–Crippen MR) is 84.6 cm³/mol. The number of rotatable bonds is 5. The molecule has 0 N–H and O–H groups in total. The van der Waals surface area contributed by atoms with Gasteiger partial charge in [0.05, 0.1) is 5.41 Å². The van der Waals surface area contributed by atoms with Gasteiger partial charge in [0.25, 0.3) is 5.91 Å². The third kappa shape index (κ3) is 2.75. The number of carbonyl (C=O) groups excluding carboxylic acids is 2. The van der Waals surface area contributed by atoms with E-state index in [1.54, 1.807) is 4.90 Å². The third-order valence-electron chi connectivity index (χ3n) is 5.87. The van der Waals surface area contributed by atoms with Crippen LogP contribution in [0.1, 0.15) is 52.4 Å². The Balaban J connectivity index is 1.64. The van der Waals surface area contributed by atoms with Gasteiger partial charge >= 0.3 is 5.97 Å². The molecular weight excluding hydrogens is 302 g/mol. The zero-order chi connectivity index (χ0) is 16.0. The minimum Gasteiger partial charge on any atom is -0.455 e. The van der Waals surface area contributed by atoms with Crippen molar-refractivity contribution in [3.05, 3.63) is 0 Å². The summed E-state index contributed by atoms with van der Waals surface area (Å²) in [5.41, 5.74) is -0.421. The fraction of sp³-hybridized carbons (Fsp3) is 0.882. The molecule has 4 fully saturated rings. The monoisotopic (exact) mass is 327 g/mol. The van der Waals surface area contributed by atoms with Crippen molar-refractivity contribution in [3.63, 3.8) is 0 Å². The standard InChI is InChI=1S/C17H26ClNO3/c1-3-19(4-2)14(20)10-22-15(21)16-6-12-5-13(7-16)9-17(18,8-12)11-16/h12-13H,3-11H2,1-2H3. The molecule has 0 radical (unpaired) electrons. The third-order valence-corrected chi connectivity index (χ3v) is 6.31. The van der Waals surface area contributed by atoms with Crippen LogP contribution < -0.4 is 0 Å². The van der Waals surface area contributed by atoms with Crippen LogP contribution in [-0.2, 0) is 14.3 Å². The lowest BCUT2D eigenvalue weighted by Gasteiger charge is -2.58. The second kappa shape index (κ2) is 5.70. The van der Waals surface area contributed by atoms with Gasteiger partial charge in [0.15, 0.2) is 6.61 Å². The molecule has 4 bridgehead atoms. The number of amides is 1. The molecule has 0 aromatic heterocycles. The van der Waals surface area contributed by atoms with Gasteiger partial charge in [-0.2, -0.15) is 0 Å². The van der Waals surface area contributed by atoms with Gasteiger partial charge in [-0.25, -0.2) is 0 Å². The highest BCUT2D eigenvalue weighted by molar-refractivity contribution is 6.24. The van der Waals surface area contributed by atoms with Gasteiger partial charge in [-0.1, -0.05) is 0 Å². The quantitative estimate of drug-likeness (QED) is 0.576. The molecule has 0 saturated heterocycles. The maximum Gasteiger partial charge on any atom is 0.312 e. The predicted octanol–water partition coefficient (Wildman–Crippen LogP) is 2.98. The summed E-state index contributed by atoms with van der Waals surface area (Å²) >= 11 is 6.74. The normalized spacial score (nSPS) is 38.9. The van der Waals surface area contributed by atoms with Crippen LogP contribution in [0.4, 0.5) is 0 Å². The molecular formula is C17H26ClNO3. The maximum atomic E-state index is 12.7. The Hall–Kier alpha value is -0.770. The van der Waals surface area contributed by atoms with Crippen molar-refractivity contribution in [2.75, 3.05) is 19.7 Å².